The Balaban J connectivity index is 0.000000318. The van der Waals surface area contributed by atoms with Crippen molar-refractivity contribution in [2.45, 2.75) is 37.9 Å². The summed E-state index contributed by atoms with van der Waals surface area (Å²) in [5.74, 6) is -2.96. The van der Waals surface area contributed by atoms with Crippen LogP contribution in [-0.4, -0.2) is 64.7 Å². The second kappa shape index (κ2) is 9.57. The first kappa shape index (κ1) is 22.2. The quantitative estimate of drug-likeness (QED) is 0.716. The van der Waals surface area contributed by atoms with Gasteiger partial charge in [-0.2, -0.15) is 18.3 Å². The summed E-state index contributed by atoms with van der Waals surface area (Å²) in [6.07, 6.45) is -0.815. The van der Waals surface area contributed by atoms with Gasteiger partial charge in [-0.25, -0.2) is 9.18 Å². The van der Waals surface area contributed by atoms with Crippen LogP contribution in [0.5, 0.6) is 0 Å². The van der Waals surface area contributed by atoms with E-state index < -0.39 is 12.1 Å². The molecule has 0 unspecified atom stereocenters. The SMILES string of the molecule is Fc1ccc(-c2n[nH]c3c2CCN(C2CCOCC2)CC3)cc1.O=C(O)C(F)(F)F. The van der Waals surface area contributed by atoms with E-state index in [1.165, 1.54) is 23.4 Å². The van der Waals surface area contributed by atoms with Crippen LogP contribution in [-0.2, 0) is 22.4 Å². The third kappa shape index (κ3) is 5.57. The number of hydrogen-bond acceptors (Lipinski definition) is 4. The van der Waals surface area contributed by atoms with Gasteiger partial charge in [-0.3, -0.25) is 10.00 Å². The summed E-state index contributed by atoms with van der Waals surface area (Å²) >= 11 is 0. The number of carbonyl (C=O) groups is 1. The summed E-state index contributed by atoms with van der Waals surface area (Å²) in [6.45, 7) is 3.90. The van der Waals surface area contributed by atoms with Crippen LogP contribution in [0.15, 0.2) is 24.3 Å². The molecule has 2 aliphatic rings. The van der Waals surface area contributed by atoms with E-state index >= 15 is 0 Å². The lowest BCUT2D eigenvalue weighted by atomic mass is 10.0. The number of fused-ring (bicyclic) bond motifs is 1. The Labute approximate surface area is 170 Å². The van der Waals surface area contributed by atoms with Crippen molar-refractivity contribution in [3.63, 3.8) is 0 Å². The number of aliphatic carboxylic acids is 1. The van der Waals surface area contributed by atoms with Gasteiger partial charge in [0.1, 0.15) is 5.82 Å². The van der Waals surface area contributed by atoms with Gasteiger partial charge in [0.15, 0.2) is 0 Å². The van der Waals surface area contributed by atoms with Gasteiger partial charge >= 0.3 is 12.1 Å². The number of H-pyrrole nitrogens is 1. The van der Waals surface area contributed by atoms with Gasteiger partial charge in [-0.15, -0.1) is 0 Å². The monoisotopic (exact) mass is 429 g/mol. The molecule has 0 aliphatic carbocycles. The molecule has 0 saturated carbocycles. The van der Waals surface area contributed by atoms with Gasteiger partial charge < -0.3 is 9.84 Å². The van der Waals surface area contributed by atoms with Gasteiger partial charge in [0.25, 0.3) is 0 Å². The molecule has 1 fully saturated rings. The van der Waals surface area contributed by atoms with E-state index in [1.807, 2.05) is 12.1 Å². The smallest absolute Gasteiger partial charge is 0.475 e. The normalized spacial score (nSPS) is 18.1. The van der Waals surface area contributed by atoms with Gasteiger partial charge in [-0.1, -0.05) is 0 Å². The molecule has 30 heavy (non-hydrogen) atoms. The van der Waals surface area contributed by atoms with Crippen LogP contribution in [0, 0.1) is 5.82 Å². The number of nitrogens with one attached hydrogen (secondary N) is 1. The maximum absolute atomic E-state index is 13.1. The number of benzene rings is 1. The Morgan fingerprint density at radius 1 is 1.13 bits per heavy atom. The maximum atomic E-state index is 13.1. The fourth-order valence-electron chi connectivity index (χ4n) is 3.76. The molecule has 1 aromatic heterocycles. The summed E-state index contributed by atoms with van der Waals surface area (Å²) in [6, 6.07) is 7.28. The number of alkyl halides is 3. The molecule has 2 N–H and O–H groups in total. The number of halogens is 4. The van der Waals surface area contributed by atoms with Gasteiger partial charge in [-0.05, 0) is 43.5 Å². The van der Waals surface area contributed by atoms with Crippen molar-refractivity contribution in [1.29, 1.82) is 0 Å². The average molecular weight is 429 g/mol. The first-order chi connectivity index (χ1) is 14.3. The highest BCUT2D eigenvalue weighted by Crippen LogP contribution is 2.28. The largest absolute Gasteiger partial charge is 0.490 e. The molecule has 164 valence electrons. The number of aromatic nitrogens is 2. The zero-order chi connectivity index (χ0) is 21.7. The van der Waals surface area contributed by atoms with Crippen LogP contribution in [0.1, 0.15) is 24.1 Å². The highest BCUT2D eigenvalue weighted by molar-refractivity contribution is 5.73. The van der Waals surface area contributed by atoms with E-state index in [1.54, 1.807) is 0 Å². The van der Waals surface area contributed by atoms with Crippen LogP contribution >= 0.6 is 0 Å². The molecule has 0 amide bonds. The van der Waals surface area contributed by atoms with E-state index in [9.17, 15) is 17.6 Å². The molecule has 10 heteroatoms. The zero-order valence-corrected chi connectivity index (χ0v) is 16.2. The first-order valence-electron chi connectivity index (χ1n) is 9.69. The topological polar surface area (TPSA) is 78.5 Å². The molecule has 2 aliphatic heterocycles. The van der Waals surface area contributed by atoms with Crippen molar-refractivity contribution in [2.75, 3.05) is 26.3 Å². The number of rotatable bonds is 2. The summed E-state index contributed by atoms with van der Waals surface area (Å²) in [4.78, 5) is 11.5. The fourth-order valence-corrected chi connectivity index (χ4v) is 3.76. The van der Waals surface area contributed by atoms with Crippen molar-refractivity contribution < 1.29 is 32.2 Å². The van der Waals surface area contributed by atoms with Crippen molar-refractivity contribution in [3.05, 3.63) is 41.3 Å². The van der Waals surface area contributed by atoms with Gasteiger partial charge in [0, 0.05) is 55.6 Å². The van der Waals surface area contributed by atoms with Crippen LogP contribution in [0.25, 0.3) is 11.3 Å². The molecule has 3 heterocycles. The minimum atomic E-state index is -5.08. The van der Waals surface area contributed by atoms with Crippen molar-refractivity contribution in [3.8, 4) is 11.3 Å². The zero-order valence-electron chi connectivity index (χ0n) is 16.2. The predicted octanol–water partition coefficient (Wildman–Crippen LogP) is 3.43. The van der Waals surface area contributed by atoms with Crippen molar-refractivity contribution in [2.24, 2.45) is 0 Å². The van der Waals surface area contributed by atoms with Gasteiger partial charge in [0.05, 0.1) is 5.69 Å². The molecule has 0 bridgehead atoms. The number of aromatic amines is 1. The molecule has 2 aromatic rings. The predicted molar refractivity (Wildman–Crippen MR) is 100 cm³/mol. The molecule has 1 aromatic carbocycles. The first-order valence-corrected chi connectivity index (χ1v) is 9.69. The van der Waals surface area contributed by atoms with E-state index in [0.29, 0.717) is 6.04 Å². The Morgan fingerprint density at radius 3 is 2.33 bits per heavy atom. The molecule has 0 spiro atoms. The molecule has 0 radical (unpaired) electrons. The van der Waals surface area contributed by atoms with Gasteiger partial charge in [0.2, 0.25) is 0 Å². The minimum Gasteiger partial charge on any atom is -0.475 e. The summed E-state index contributed by atoms with van der Waals surface area (Å²) in [7, 11) is 0. The summed E-state index contributed by atoms with van der Waals surface area (Å²) in [5, 5.41) is 14.8. The molecule has 6 nitrogen and oxygen atoms in total. The molecule has 1 saturated heterocycles. The lowest BCUT2D eigenvalue weighted by molar-refractivity contribution is -0.192. The highest BCUT2D eigenvalue weighted by atomic mass is 19.4. The molecule has 0 atom stereocenters. The average Bonchev–Trinajstić information content (AvgIpc) is 3.00. The van der Waals surface area contributed by atoms with E-state index in [-0.39, 0.29) is 5.82 Å². The third-order valence-electron chi connectivity index (χ3n) is 5.32. The number of ether oxygens (including phenoxy) is 1. The second-order valence-corrected chi connectivity index (χ2v) is 7.22. The summed E-state index contributed by atoms with van der Waals surface area (Å²) < 4.78 is 50.4. The maximum Gasteiger partial charge on any atom is 0.490 e. The Kier molecular flexibility index (Phi) is 7.09. The fraction of sp³-hybridized carbons (Fsp3) is 0.500. The van der Waals surface area contributed by atoms with Crippen LogP contribution in [0.3, 0.4) is 0 Å². The lowest BCUT2D eigenvalue weighted by Gasteiger charge is -2.33. The highest BCUT2D eigenvalue weighted by Gasteiger charge is 2.38. The standard InChI is InChI=1S/C18H22FN3O.C2HF3O2/c19-14-3-1-13(2-4-14)18-16-5-9-22(10-6-17(16)20-21-18)15-7-11-23-12-8-15;3-2(4,5)1(6)7/h1-4,15H,5-12H2,(H,20,21);(H,6,7). The van der Waals surface area contributed by atoms with E-state index in [0.717, 1.165) is 63.2 Å². The number of nitrogens with zero attached hydrogens (tertiary/aromatic N) is 2. The minimum absolute atomic E-state index is 0.207. The van der Waals surface area contributed by atoms with Crippen molar-refractivity contribution >= 4 is 5.97 Å². The third-order valence-corrected chi connectivity index (χ3v) is 5.32. The van der Waals surface area contributed by atoms with Crippen LogP contribution in [0.4, 0.5) is 17.6 Å². The Hall–Kier alpha value is -2.46. The number of carboxylic acid groups (broad SMARTS) is 1. The summed E-state index contributed by atoms with van der Waals surface area (Å²) in [5.41, 5.74) is 4.50. The van der Waals surface area contributed by atoms with Crippen LogP contribution in [0.2, 0.25) is 0 Å². The molecular weight excluding hydrogens is 406 g/mol. The van der Waals surface area contributed by atoms with Crippen LogP contribution < -0.4 is 0 Å². The lowest BCUT2D eigenvalue weighted by Crippen LogP contribution is -2.40. The van der Waals surface area contributed by atoms with E-state index in [4.69, 9.17) is 14.6 Å². The number of hydrogen-bond donors (Lipinski definition) is 2. The molecular formula is C20H23F4N3O3. The van der Waals surface area contributed by atoms with E-state index in [2.05, 4.69) is 15.1 Å². The van der Waals surface area contributed by atoms with Crippen molar-refractivity contribution in [1.82, 2.24) is 15.1 Å². The second-order valence-electron chi connectivity index (χ2n) is 7.22. The number of carboxylic acids is 1. The Morgan fingerprint density at radius 2 is 1.73 bits per heavy atom. The Bertz CT molecular complexity index is 846. The molecule has 4 rings (SSSR count).